The number of rotatable bonds is 2. The van der Waals surface area contributed by atoms with E-state index in [1.165, 1.54) is 0 Å². The van der Waals surface area contributed by atoms with Crippen LogP contribution in [0.5, 0.6) is 0 Å². The zero-order valence-corrected chi connectivity index (χ0v) is 13.3. The summed E-state index contributed by atoms with van der Waals surface area (Å²) in [5.41, 5.74) is 1.93. The zero-order chi connectivity index (χ0) is 12.4. The van der Waals surface area contributed by atoms with E-state index in [0.717, 1.165) is 20.1 Å². The second-order valence-corrected chi connectivity index (χ2v) is 6.25. The third-order valence-electron chi connectivity index (χ3n) is 2.39. The van der Waals surface area contributed by atoms with E-state index in [-0.39, 0.29) is 5.38 Å². The standard InChI is InChI=1S/C13H8Br2Cl2/c14-9-3-1-8(2-4-9)13(17)11-7-10(15)5-6-12(11)16/h1-7,13H. The van der Waals surface area contributed by atoms with Crippen LogP contribution in [0.3, 0.4) is 0 Å². The van der Waals surface area contributed by atoms with Crippen LogP contribution in [-0.2, 0) is 0 Å². The van der Waals surface area contributed by atoms with Gasteiger partial charge in [0.15, 0.2) is 0 Å². The van der Waals surface area contributed by atoms with Crippen LogP contribution in [0.25, 0.3) is 0 Å². The van der Waals surface area contributed by atoms with E-state index in [0.29, 0.717) is 5.02 Å². The number of hydrogen-bond acceptors (Lipinski definition) is 0. The molecule has 17 heavy (non-hydrogen) atoms. The Morgan fingerprint density at radius 1 is 0.882 bits per heavy atom. The Hall–Kier alpha value is -0.0200. The van der Waals surface area contributed by atoms with Crippen LogP contribution in [0.2, 0.25) is 5.02 Å². The van der Waals surface area contributed by atoms with E-state index in [1.54, 1.807) is 0 Å². The molecule has 2 aromatic carbocycles. The Morgan fingerprint density at radius 2 is 1.47 bits per heavy atom. The minimum Gasteiger partial charge on any atom is -0.113 e. The Kier molecular flexibility index (Phi) is 4.53. The molecule has 2 rings (SSSR count). The lowest BCUT2D eigenvalue weighted by molar-refractivity contribution is 1.14. The molecule has 0 spiro atoms. The van der Waals surface area contributed by atoms with Gasteiger partial charge in [-0.1, -0.05) is 55.6 Å². The Balaban J connectivity index is 2.39. The molecule has 0 nitrogen and oxygen atoms in total. The number of alkyl halides is 1. The van der Waals surface area contributed by atoms with Crippen LogP contribution in [-0.4, -0.2) is 0 Å². The fourth-order valence-electron chi connectivity index (χ4n) is 1.52. The average Bonchev–Trinajstić information content (AvgIpc) is 2.32. The summed E-state index contributed by atoms with van der Waals surface area (Å²) in [4.78, 5) is 0. The quantitative estimate of drug-likeness (QED) is 0.532. The van der Waals surface area contributed by atoms with Crippen molar-refractivity contribution >= 4 is 55.1 Å². The molecule has 88 valence electrons. The zero-order valence-electron chi connectivity index (χ0n) is 8.63. The van der Waals surface area contributed by atoms with Crippen LogP contribution in [0.1, 0.15) is 16.5 Å². The van der Waals surface area contributed by atoms with E-state index in [4.69, 9.17) is 23.2 Å². The molecule has 0 bridgehead atoms. The summed E-state index contributed by atoms with van der Waals surface area (Å²) < 4.78 is 2.00. The van der Waals surface area contributed by atoms with Gasteiger partial charge in [-0.3, -0.25) is 0 Å². The van der Waals surface area contributed by atoms with Crippen molar-refractivity contribution in [3.8, 4) is 0 Å². The van der Waals surface area contributed by atoms with Crippen molar-refractivity contribution in [1.82, 2.24) is 0 Å². The van der Waals surface area contributed by atoms with Gasteiger partial charge in [-0.05, 0) is 41.5 Å². The molecule has 0 aliphatic carbocycles. The van der Waals surface area contributed by atoms with Gasteiger partial charge >= 0.3 is 0 Å². The Morgan fingerprint density at radius 3 is 2.12 bits per heavy atom. The van der Waals surface area contributed by atoms with Crippen molar-refractivity contribution in [2.24, 2.45) is 0 Å². The highest BCUT2D eigenvalue weighted by Gasteiger charge is 2.14. The van der Waals surface area contributed by atoms with Crippen molar-refractivity contribution in [3.05, 3.63) is 67.6 Å². The maximum absolute atomic E-state index is 6.44. The molecular formula is C13H8Br2Cl2. The third kappa shape index (κ3) is 3.25. The van der Waals surface area contributed by atoms with Gasteiger partial charge in [-0.25, -0.2) is 0 Å². The molecule has 0 aromatic heterocycles. The summed E-state index contributed by atoms with van der Waals surface area (Å²) in [6.45, 7) is 0. The lowest BCUT2D eigenvalue weighted by Gasteiger charge is -2.12. The number of halogens is 4. The third-order valence-corrected chi connectivity index (χ3v) is 4.25. The maximum atomic E-state index is 6.44. The SMILES string of the molecule is Clc1ccc(Br)cc1C(Cl)c1ccc(Br)cc1. The lowest BCUT2D eigenvalue weighted by Crippen LogP contribution is -1.94. The van der Waals surface area contributed by atoms with Gasteiger partial charge in [0.2, 0.25) is 0 Å². The van der Waals surface area contributed by atoms with Crippen LogP contribution in [0.4, 0.5) is 0 Å². The first-order chi connectivity index (χ1) is 8.08. The molecule has 0 fully saturated rings. The highest BCUT2D eigenvalue weighted by Crippen LogP contribution is 2.35. The minimum atomic E-state index is -0.243. The molecule has 0 heterocycles. The summed E-state index contributed by atoms with van der Waals surface area (Å²) in [5, 5.41) is 0.434. The molecule has 1 unspecified atom stereocenters. The fraction of sp³-hybridized carbons (Fsp3) is 0.0769. The molecule has 0 aliphatic heterocycles. The van der Waals surface area contributed by atoms with Crippen LogP contribution in [0, 0.1) is 0 Å². The largest absolute Gasteiger partial charge is 0.113 e. The van der Waals surface area contributed by atoms with Gasteiger partial charge in [-0.15, -0.1) is 11.6 Å². The molecule has 0 saturated heterocycles. The predicted octanol–water partition coefficient (Wildman–Crippen LogP) is 6.19. The highest BCUT2D eigenvalue weighted by molar-refractivity contribution is 9.10. The monoisotopic (exact) mass is 392 g/mol. The van der Waals surface area contributed by atoms with E-state index < -0.39 is 0 Å². The predicted molar refractivity (Wildman–Crippen MR) is 81.0 cm³/mol. The second kappa shape index (κ2) is 5.75. The summed E-state index contributed by atoms with van der Waals surface area (Å²) in [7, 11) is 0. The summed E-state index contributed by atoms with van der Waals surface area (Å²) >= 11 is 19.4. The van der Waals surface area contributed by atoms with E-state index in [1.807, 2.05) is 42.5 Å². The molecule has 0 saturated carbocycles. The number of benzene rings is 2. The fourth-order valence-corrected chi connectivity index (χ4v) is 2.77. The molecule has 4 heteroatoms. The lowest BCUT2D eigenvalue weighted by atomic mass is 10.0. The van der Waals surface area contributed by atoms with Gasteiger partial charge < -0.3 is 0 Å². The first-order valence-electron chi connectivity index (χ1n) is 4.92. The Labute approximate surface area is 127 Å². The summed E-state index contributed by atoms with van der Waals surface area (Å²) in [5.74, 6) is 0. The van der Waals surface area contributed by atoms with Gasteiger partial charge in [-0.2, -0.15) is 0 Å². The molecule has 1 atom stereocenters. The molecule has 0 aliphatic rings. The Bertz CT molecular complexity index is 523. The van der Waals surface area contributed by atoms with Gasteiger partial charge in [0.25, 0.3) is 0 Å². The smallest absolute Gasteiger partial charge is 0.0850 e. The number of hydrogen-bond donors (Lipinski definition) is 0. The topological polar surface area (TPSA) is 0 Å². The molecule has 0 amide bonds. The van der Waals surface area contributed by atoms with Crippen molar-refractivity contribution in [3.63, 3.8) is 0 Å². The highest BCUT2D eigenvalue weighted by atomic mass is 79.9. The van der Waals surface area contributed by atoms with E-state index in [9.17, 15) is 0 Å². The first-order valence-corrected chi connectivity index (χ1v) is 7.32. The van der Waals surface area contributed by atoms with Crippen molar-refractivity contribution in [2.45, 2.75) is 5.38 Å². The molecule has 2 aromatic rings. The van der Waals surface area contributed by atoms with Crippen molar-refractivity contribution in [2.75, 3.05) is 0 Å². The van der Waals surface area contributed by atoms with Gasteiger partial charge in [0.1, 0.15) is 0 Å². The van der Waals surface area contributed by atoms with Crippen molar-refractivity contribution in [1.29, 1.82) is 0 Å². The van der Waals surface area contributed by atoms with Crippen molar-refractivity contribution < 1.29 is 0 Å². The van der Waals surface area contributed by atoms with Crippen LogP contribution >= 0.6 is 55.1 Å². The van der Waals surface area contributed by atoms with E-state index in [2.05, 4.69) is 31.9 Å². The first kappa shape index (κ1) is 13.4. The summed E-state index contributed by atoms with van der Waals surface area (Å²) in [6, 6.07) is 13.6. The summed E-state index contributed by atoms with van der Waals surface area (Å²) in [6.07, 6.45) is 0. The second-order valence-electron chi connectivity index (χ2n) is 3.58. The molecule has 0 N–H and O–H groups in total. The minimum absolute atomic E-state index is 0.243. The van der Waals surface area contributed by atoms with Crippen LogP contribution in [0.15, 0.2) is 51.4 Å². The molecule has 0 radical (unpaired) electrons. The van der Waals surface area contributed by atoms with Gasteiger partial charge in [0.05, 0.1) is 5.38 Å². The van der Waals surface area contributed by atoms with Crippen LogP contribution < -0.4 is 0 Å². The average molecular weight is 395 g/mol. The molecular weight excluding hydrogens is 387 g/mol. The maximum Gasteiger partial charge on any atom is 0.0850 e. The van der Waals surface area contributed by atoms with Gasteiger partial charge in [0, 0.05) is 14.0 Å². The van der Waals surface area contributed by atoms with E-state index >= 15 is 0 Å². The normalized spacial score (nSPS) is 12.5.